The number of carbonyl (C=O) groups excluding carboxylic acids is 3. The van der Waals surface area contributed by atoms with Crippen molar-refractivity contribution in [1.82, 2.24) is 15.5 Å². The van der Waals surface area contributed by atoms with Gasteiger partial charge in [0.25, 0.3) is 17.7 Å². The lowest BCUT2D eigenvalue weighted by atomic mass is 10.1. The second kappa shape index (κ2) is 12.4. The molecule has 4 aliphatic rings. The zero-order chi connectivity index (χ0) is 29.1. The van der Waals surface area contributed by atoms with Crippen LogP contribution in [0.4, 0.5) is 0 Å². The number of furan rings is 1. The minimum absolute atomic E-state index is 0.207. The third-order valence-corrected chi connectivity index (χ3v) is 8.00. The average molecular weight is 592 g/mol. The molecule has 10 nitrogen and oxygen atoms in total. The molecule has 7 rings (SSSR count). The summed E-state index contributed by atoms with van der Waals surface area (Å²) in [5.41, 5.74) is 1.22. The maximum absolute atomic E-state index is 13.6. The number of likely N-dealkylation sites (tertiary alicyclic amines) is 1. The Morgan fingerprint density at radius 3 is 2.67 bits per heavy atom. The van der Waals surface area contributed by atoms with Gasteiger partial charge < -0.3 is 34.2 Å². The van der Waals surface area contributed by atoms with E-state index in [9.17, 15) is 14.4 Å². The molecule has 2 aromatic carbocycles. The third kappa shape index (κ3) is 6.84. The molecule has 3 aromatic rings. The van der Waals surface area contributed by atoms with E-state index in [2.05, 4.69) is 10.6 Å². The van der Waals surface area contributed by atoms with Gasteiger partial charge in [0.05, 0.1) is 24.9 Å². The van der Waals surface area contributed by atoms with E-state index in [0.29, 0.717) is 47.6 Å². The number of carbonyl (C=O) groups is 3. The van der Waals surface area contributed by atoms with Gasteiger partial charge in [0.1, 0.15) is 29.1 Å². The normalized spacial score (nSPS) is 20.5. The van der Waals surface area contributed by atoms with Crippen LogP contribution in [0.5, 0.6) is 17.2 Å². The molecule has 2 atom stereocenters. The predicted molar refractivity (Wildman–Crippen MR) is 156 cm³/mol. The molecular formula is C31H33N3O7S. The molecule has 3 aliphatic heterocycles. The fourth-order valence-corrected chi connectivity index (χ4v) is 5.39. The highest BCUT2D eigenvalue weighted by atomic mass is 32.2. The highest BCUT2D eigenvalue weighted by Gasteiger charge is 2.39. The van der Waals surface area contributed by atoms with Crippen molar-refractivity contribution >= 4 is 29.5 Å². The summed E-state index contributed by atoms with van der Waals surface area (Å²) >= 11 is 1.61. The summed E-state index contributed by atoms with van der Waals surface area (Å²) in [6, 6.07) is 15.3. The molecule has 0 spiro atoms. The first-order chi connectivity index (χ1) is 20.4. The van der Waals surface area contributed by atoms with Crippen LogP contribution in [-0.4, -0.2) is 67.3 Å². The Hall–Kier alpha value is -4.12. The predicted octanol–water partition coefficient (Wildman–Crippen LogP) is 3.64. The number of hydrogen-bond donors (Lipinski definition) is 2. The van der Waals surface area contributed by atoms with E-state index in [1.807, 2.05) is 36.6 Å². The van der Waals surface area contributed by atoms with E-state index in [4.69, 9.17) is 18.6 Å². The summed E-state index contributed by atoms with van der Waals surface area (Å²) < 4.78 is 23.8. The molecule has 4 bridgehead atoms. The molecule has 2 fully saturated rings. The van der Waals surface area contributed by atoms with E-state index in [-0.39, 0.29) is 43.2 Å². The van der Waals surface area contributed by atoms with E-state index >= 15 is 0 Å². The number of thioether (sulfide) groups is 1. The molecule has 0 radical (unpaired) electrons. The fraction of sp³-hybridized carbons (Fsp3) is 0.387. The Kier molecular flexibility index (Phi) is 8.27. The second-order valence-electron chi connectivity index (χ2n) is 10.8. The number of hydrogen-bond acceptors (Lipinski definition) is 8. The number of rotatable bonds is 6. The summed E-state index contributed by atoms with van der Waals surface area (Å²) in [5, 5.41) is 5.91. The lowest BCUT2D eigenvalue weighted by Crippen LogP contribution is -2.45. The summed E-state index contributed by atoms with van der Waals surface area (Å²) in [6.07, 6.45) is 3.71. The molecular weight excluding hydrogens is 558 g/mol. The molecule has 4 heterocycles. The minimum Gasteiger partial charge on any atom is -0.493 e. The quantitative estimate of drug-likeness (QED) is 0.446. The van der Waals surface area contributed by atoms with Crippen molar-refractivity contribution in [2.24, 2.45) is 5.92 Å². The Labute approximate surface area is 248 Å². The Morgan fingerprint density at radius 2 is 1.88 bits per heavy atom. The van der Waals surface area contributed by atoms with Crippen LogP contribution < -0.4 is 24.8 Å². The molecule has 1 saturated heterocycles. The van der Waals surface area contributed by atoms with Crippen LogP contribution in [0.15, 0.2) is 59.0 Å². The van der Waals surface area contributed by atoms with Crippen molar-refractivity contribution in [3.63, 3.8) is 0 Å². The molecule has 1 saturated carbocycles. The van der Waals surface area contributed by atoms with Gasteiger partial charge in [-0.25, -0.2) is 0 Å². The lowest BCUT2D eigenvalue weighted by molar-refractivity contribution is -0.123. The average Bonchev–Trinajstić information content (AvgIpc) is 3.58. The molecule has 42 heavy (non-hydrogen) atoms. The summed E-state index contributed by atoms with van der Waals surface area (Å²) in [5.74, 6) is 2.71. The van der Waals surface area contributed by atoms with Crippen LogP contribution in [0.1, 0.15) is 45.1 Å². The fourth-order valence-electron chi connectivity index (χ4n) is 4.95. The number of fused-ring (bicyclic) bond motifs is 7. The molecule has 11 heteroatoms. The van der Waals surface area contributed by atoms with Crippen LogP contribution in [0, 0.1) is 5.92 Å². The monoisotopic (exact) mass is 591 g/mol. The van der Waals surface area contributed by atoms with Gasteiger partial charge in [-0.3, -0.25) is 14.4 Å². The van der Waals surface area contributed by atoms with Crippen molar-refractivity contribution in [2.45, 2.75) is 37.3 Å². The Morgan fingerprint density at radius 1 is 1.05 bits per heavy atom. The van der Waals surface area contributed by atoms with Crippen LogP contribution in [0.3, 0.4) is 0 Å². The third-order valence-electron chi connectivity index (χ3n) is 7.42. The number of amides is 3. The van der Waals surface area contributed by atoms with Crippen LogP contribution >= 0.6 is 11.8 Å². The van der Waals surface area contributed by atoms with Crippen molar-refractivity contribution in [1.29, 1.82) is 0 Å². The van der Waals surface area contributed by atoms with E-state index < -0.39 is 12.1 Å². The first-order valence-corrected chi connectivity index (χ1v) is 15.4. The van der Waals surface area contributed by atoms with Crippen LogP contribution in [-0.2, 0) is 17.1 Å². The van der Waals surface area contributed by atoms with E-state index in [1.165, 1.54) is 0 Å². The zero-order valence-electron chi connectivity index (χ0n) is 23.3. The first-order valence-electron chi connectivity index (χ1n) is 14.0. The summed E-state index contributed by atoms with van der Waals surface area (Å²) in [6.45, 7) is 1.18. The smallest absolute Gasteiger partial charge is 0.289 e. The SMILES string of the molecule is CSCc1ccc(C(=O)N2C[C@@H]3NC(=O)c4cc(cc(OCC5CC5)c4)OCC(=O)NCc4ccc(cc4)O[C@H]3C2)o1. The Balaban J connectivity index is 1.27. The first kappa shape index (κ1) is 28.0. The summed E-state index contributed by atoms with van der Waals surface area (Å²) in [4.78, 5) is 41.1. The molecule has 1 aromatic heterocycles. The van der Waals surface area contributed by atoms with E-state index in [1.54, 1.807) is 40.9 Å². The van der Waals surface area contributed by atoms with E-state index in [0.717, 1.165) is 24.2 Å². The van der Waals surface area contributed by atoms with Crippen LogP contribution in [0.2, 0.25) is 0 Å². The molecule has 220 valence electrons. The maximum Gasteiger partial charge on any atom is 0.289 e. The van der Waals surface area contributed by atoms with Gasteiger partial charge in [-0.1, -0.05) is 12.1 Å². The van der Waals surface area contributed by atoms with Gasteiger partial charge in [0, 0.05) is 24.7 Å². The van der Waals surface area contributed by atoms with Crippen LogP contribution in [0.25, 0.3) is 0 Å². The van der Waals surface area contributed by atoms with Crippen molar-refractivity contribution in [2.75, 3.05) is 32.6 Å². The van der Waals surface area contributed by atoms with Gasteiger partial charge in [-0.2, -0.15) is 11.8 Å². The number of nitrogens with zero attached hydrogens (tertiary/aromatic N) is 1. The second-order valence-corrected chi connectivity index (χ2v) is 11.7. The van der Waals surface area contributed by atoms with Gasteiger partial charge in [0.2, 0.25) is 0 Å². The lowest BCUT2D eigenvalue weighted by Gasteiger charge is -2.21. The van der Waals surface area contributed by atoms with Gasteiger partial charge in [-0.15, -0.1) is 0 Å². The zero-order valence-corrected chi connectivity index (χ0v) is 24.1. The van der Waals surface area contributed by atoms with Gasteiger partial charge in [-0.05, 0) is 67.0 Å². The highest BCUT2D eigenvalue weighted by Crippen LogP contribution is 2.31. The number of ether oxygens (including phenoxy) is 3. The highest BCUT2D eigenvalue weighted by molar-refractivity contribution is 7.97. The molecule has 3 amide bonds. The standard InChI is InChI=1S/C31H33N3O7S/c1-42-18-23-8-9-27(41-23)31(37)34-14-26-28(15-34)40-22-6-4-19(5-7-22)13-32-29(35)17-39-25-11-21(30(36)33-26)10-24(12-25)38-16-20-2-3-20/h4-12,20,26,28H,2-3,13-18H2,1H3,(H,32,35)(H,33,36)/t26-,28-/m0/s1. The number of nitrogens with one attached hydrogen (secondary N) is 2. The Bertz CT molecular complexity index is 1450. The van der Waals surface area contributed by atoms with Gasteiger partial charge in [0.15, 0.2) is 12.4 Å². The van der Waals surface area contributed by atoms with Gasteiger partial charge >= 0.3 is 0 Å². The maximum atomic E-state index is 13.6. The number of benzene rings is 2. The largest absolute Gasteiger partial charge is 0.493 e. The van der Waals surface area contributed by atoms with Crippen molar-refractivity contribution in [3.8, 4) is 17.2 Å². The van der Waals surface area contributed by atoms with Crippen molar-refractivity contribution < 1.29 is 33.0 Å². The summed E-state index contributed by atoms with van der Waals surface area (Å²) in [7, 11) is 0. The molecule has 2 N–H and O–H groups in total. The topological polar surface area (TPSA) is 119 Å². The van der Waals surface area contributed by atoms with Crippen molar-refractivity contribution in [3.05, 3.63) is 77.2 Å². The minimum atomic E-state index is -0.509. The molecule has 0 unspecified atom stereocenters. The molecule has 1 aliphatic carbocycles.